The van der Waals surface area contributed by atoms with Crippen LogP contribution in [0.5, 0.6) is 5.75 Å². The van der Waals surface area contributed by atoms with Crippen molar-refractivity contribution in [1.29, 1.82) is 0 Å². The highest BCUT2D eigenvalue weighted by molar-refractivity contribution is 5.64. The predicted octanol–water partition coefficient (Wildman–Crippen LogP) is 4.60. The normalized spacial score (nSPS) is 12.2. The van der Waals surface area contributed by atoms with Crippen LogP contribution in [-0.4, -0.2) is 7.11 Å². The summed E-state index contributed by atoms with van der Waals surface area (Å²) in [6, 6.07) is 2.10. The third-order valence-electron chi connectivity index (χ3n) is 3.30. The van der Waals surface area contributed by atoms with Crippen molar-refractivity contribution in [1.82, 2.24) is 0 Å². The zero-order valence-corrected chi connectivity index (χ0v) is 11.7. The molecule has 0 unspecified atom stereocenters. The summed E-state index contributed by atoms with van der Waals surface area (Å²) in [5.41, 5.74) is 6.34. The van der Waals surface area contributed by atoms with Crippen LogP contribution in [-0.2, 0) is 0 Å². The van der Waals surface area contributed by atoms with Gasteiger partial charge in [0.25, 0.3) is 0 Å². The van der Waals surface area contributed by atoms with Gasteiger partial charge in [-0.25, -0.2) is 0 Å². The maximum Gasteiger partial charge on any atom is 0.122 e. The predicted molar refractivity (Wildman–Crippen MR) is 75.7 cm³/mol. The highest BCUT2D eigenvalue weighted by Crippen LogP contribution is 2.28. The standard InChI is InChI=1S/C16H22O/c1-7-11(2)8-9-15-12(3)10-16(17-6)14(5)13(15)4/h7-10H,1-6H3/b9-8+,11-7+. The van der Waals surface area contributed by atoms with Crippen molar-refractivity contribution in [2.45, 2.75) is 34.6 Å². The fourth-order valence-corrected chi connectivity index (χ4v) is 1.84. The summed E-state index contributed by atoms with van der Waals surface area (Å²) in [5, 5.41) is 0. The van der Waals surface area contributed by atoms with Crippen molar-refractivity contribution in [2.24, 2.45) is 0 Å². The van der Waals surface area contributed by atoms with Gasteiger partial charge in [0.2, 0.25) is 0 Å². The molecular weight excluding hydrogens is 208 g/mol. The highest BCUT2D eigenvalue weighted by atomic mass is 16.5. The number of hydrogen-bond donors (Lipinski definition) is 0. The molecule has 0 aliphatic rings. The molecule has 0 fully saturated rings. The third-order valence-corrected chi connectivity index (χ3v) is 3.30. The Labute approximate surface area is 105 Å². The third kappa shape index (κ3) is 3.00. The van der Waals surface area contributed by atoms with Crippen LogP contribution in [0.1, 0.15) is 36.1 Å². The van der Waals surface area contributed by atoms with Gasteiger partial charge in [-0.3, -0.25) is 0 Å². The first-order chi connectivity index (χ1) is 8.01. The van der Waals surface area contributed by atoms with E-state index in [9.17, 15) is 0 Å². The van der Waals surface area contributed by atoms with Gasteiger partial charge in [0, 0.05) is 0 Å². The SMILES string of the molecule is C/C=C(C)/C=C/c1c(C)cc(OC)c(C)c1C. The van der Waals surface area contributed by atoms with E-state index >= 15 is 0 Å². The maximum atomic E-state index is 5.37. The summed E-state index contributed by atoms with van der Waals surface area (Å²) < 4.78 is 5.37. The van der Waals surface area contributed by atoms with Gasteiger partial charge in [-0.1, -0.05) is 23.8 Å². The van der Waals surface area contributed by atoms with Gasteiger partial charge >= 0.3 is 0 Å². The van der Waals surface area contributed by atoms with Gasteiger partial charge in [-0.15, -0.1) is 0 Å². The summed E-state index contributed by atoms with van der Waals surface area (Å²) in [6.07, 6.45) is 6.45. The van der Waals surface area contributed by atoms with E-state index in [0.717, 1.165) is 5.75 Å². The van der Waals surface area contributed by atoms with E-state index in [4.69, 9.17) is 4.74 Å². The van der Waals surface area contributed by atoms with E-state index in [1.165, 1.54) is 27.8 Å². The number of benzene rings is 1. The Morgan fingerprint density at radius 1 is 1.18 bits per heavy atom. The Hall–Kier alpha value is -1.50. The molecule has 0 amide bonds. The molecule has 17 heavy (non-hydrogen) atoms. The van der Waals surface area contributed by atoms with Crippen LogP contribution in [0.15, 0.2) is 23.8 Å². The zero-order valence-electron chi connectivity index (χ0n) is 11.7. The maximum absolute atomic E-state index is 5.37. The molecule has 0 N–H and O–H groups in total. The quantitative estimate of drug-likeness (QED) is 0.689. The Kier molecular flexibility index (Phi) is 4.56. The summed E-state index contributed by atoms with van der Waals surface area (Å²) in [6.45, 7) is 10.5. The summed E-state index contributed by atoms with van der Waals surface area (Å²) in [4.78, 5) is 0. The van der Waals surface area contributed by atoms with Gasteiger partial charge in [-0.2, -0.15) is 0 Å². The number of aryl methyl sites for hydroxylation is 1. The summed E-state index contributed by atoms with van der Waals surface area (Å²) >= 11 is 0. The molecule has 0 aromatic heterocycles. The van der Waals surface area contributed by atoms with E-state index in [2.05, 4.69) is 58.9 Å². The second-order valence-electron chi connectivity index (χ2n) is 4.43. The van der Waals surface area contributed by atoms with E-state index in [1.54, 1.807) is 7.11 Å². The minimum Gasteiger partial charge on any atom is -0.496 e. The van der Waals surface area contributed by atoms with Crippen molar-refractivity contribution in [2.75, 3.05) is 7.11 Å². The first-order valence-electron chi connectivity index (χ1n) is 5.97. The zero-order chi connectivity index (χ0) is 13.0. The van der Waals surface area contributed by atoms with Crippen LogP contribution in [0, 0.1) is 20.8 Å². The first-order valence-corrected chi connectivity index (χ1v) is 5.97. The number of hydrogen-bond acceptors (Lipinski definition) is 1. The van der Waals surface area contributed by atoms with Gasteiger partial charge in [0.1, 0.15) is 5.75 Å². The Morgan fingerprint density at radius 2 is 1.82 bits per heavy atom. The van der Waals surface area contributed by atoms with Gasteiger partial charge in [0.15, 0.2) is 0 Å². The smallest absolute Gasteiger partial charge is 0.122 e. The van der Waals surface area contributed by atoms with Crippen LogP contribution in [0.3, 0.4) is 0 Å². The van der Waals surface area contributed by atoms with E-state index in [0.29, 0.717) is 0 Å². The minimum atomic E-state index is 0.972. The molecule has 1 aromatic carbocycles. The molecule has 1 rings (SSSR count). The number of methoxy groups -OCH3 is 1. The number of rotatable bonds is 3. The number of ether oxygens (including phenoxy) is 1. The summed E-state index contributed by atoms with van der Waals surface area (Å²) in [7, 11) is 1.72. The van der Waals surface area contributed by atoms with Crippen molar-refractivity contribution in [3.05, 3.63) is 46.0 Å². The lowest BCUT2D eigenvalue weighted by molar-refractivity contribution is 0.411. The van der Waals surface area contributed by atoms with Gasteiger partial charge in [-0.05, 0) is 62.9 Å². The molecule has 0 aliphatic heterocycles. The fraction of sp³-hybridized carbons (Fsp3) is 0.375. The van der Waals surface area contributed by atoms with Crippen LogP contribution in [0.25, 0.3) is 6.08 Å². The molecule has 0 saturated heterocycles. The molecular formula is C16H22O. The molecule has 0 atom stereocenters. The average Bonchev–Trinajstić information content (AvgIpc) is 2.33. The molecule has 0 bridgehead atoms. The van der Waals surface area contributed by atoms with Crippen LogP contribution >= 0.6 is 0 Å². The molecule has 0 saturated carbocycles. The lowest BCUT2D eigenvalue weighted by atomic mass is 9.96. The minimum absolute atomic E-state index is 0.972. The highest BCUT2D eigenvalue weighted by Gasteiger charge is 2.08. The van der Waals surface area contributed by atoms with E-state index in [-0.39, 0.29) is 0 Å². The number of allylic oxidation sites excluding steroid dienone is 3. The largest absolute Gasteiger partial charge is 0.496 e. The molecule has 0 radical (unpaired) electrons. The molecule has 1 nitrogen and oxygen atoms in total. The molecule has 0 heterocycles. The Morgan fingerprint density at radius 3 is 2.35 bits per heavy atom. The Bertz CT molecular complexity index is 465. The lowest BCUT2D eigenvalue weighted by Crippen LogP contribution is -1.95. The van der Waals surface area contributed by atoms with Crippen LogP contribution < -0.4 is 4.74 Å². The fourth-order valence-electron chi connectivity index (χ4n) is 1.84. The molecule has 92 valence electrons. The summed E-state index contributed by atoms with van der Waals surface area (Å²) in [5.74, 6) is 0.972. The molecule has 1 aromatic rings. The lowest BCUT2D eigenvalue weighted by Gasteiger charge is -2.13. The molecule has 0 aliphatic carbocycles. The monoisotopic (exact) mass is 230 g/mol. The van der Waals surface area contributed by atoms with Crippen molar-refractivity contribution >= 4 is 6.08 Å². The molecule has 1 heteroatoms. The van der Waals surface area contributed by atoms with E-state index < -0.39 is 0 Å². The van der Waals surface area contributed by atoms with Crippen molar-refractivity contribution in [3.8, 4) is 5.75 Å². The second kappa shape index (κ2) is 5.72. The van der Waals surface area contributed by atoms with Crippen LogP contribution in [0.4, 0.5) is 0 Å². The first kappa shape index (κ1) is 13.6. The van der Waals surface area contributed by atoms with Crippen molar-refractivity contribution in [3.63, 3.8) is 0 Å². The molecule has 0 spiro atoms. The van der Waals surface area contributed by atoms with Gasteiger partial charge < -0.3 is 4.74 Å². The van der Waals surface area contributed by atoms with E-state index in [1.807, 2.05) is 0 Å². The van der Waals surface area contributed by atoms with Gasteiger partial charge in [0.05, 0.1) is 7.11 Å². The Balaban J connectivity index is 3.26. The van der Waals surface area contributed by atoms with Crippen LogP contribution in [0.2, 0.25) is 0 Å². The second-order valence-corrected chi connectivity index (χ2v) is 4.43. The average molecular weight is 230 g/mol. The topological polar surface area (TPSA) is 9.23 Å². The van der Waals surface area contributed by atoms with Crippen molar-refractivity contribution < 1.29 is 4.74 Å².